The van der Waals surface area contributed by atoms with Crippen LogP contribution >= 0.6 is 0 Å². The number of nitrogens with zero attached hydrogens (tertiary/aromatic N) is 2. The van der Waals surface area contributed by atoms with Gasteiger partial charge in [0.2, 0.25) is 0 Å². The predicted molar refractivity (Wildman–Crippen MR) is 69.7 cm³/mol. The summed E-state index contributed by atoms with van der Waals surface area (Å²) in [5.74, 6) is -0.907. The minimum atomic E-state index is -0.907. The predicted octanol–water partition coefficient (Wildman–Crippen LogP) is 3.14. The largest absolute Gasteiger partial charge is 0.477 e. The second kappa shape index (κ2) is 4.64. The van der Waals surface area contributed by atoms with E-state index >= 15 is 0 Å². The van der Waals surface area contributed by atoms with E-state index in [1.807, 2.05) is 37.5 Å². The third kappa shape index (κ3) is 2.14. The van der Waals surface area contributed by atoms with Gasteiger partial charge >= 0.3 is 5.97 Å². The molecule has 0 saturated carbocycles. The molecule has 2 aromatic rings. The number of carboxylic acids is 1. The van der Waals surface area contributed by atoms with Crippen molar-refractivity contribution in [3.05, 3.63) is 41.9 Å². The molecule has 2 rings (SSSR count). The van der Waals surface area contributed by atoms with Crippen molar-refractivity contribution >= 4 is 5.97 Å². The molecule has 0 bridgehead atoms. The van der Waals surface area contributed by atoms with Gasteiger partial charge in [-0.25, -0.2) is 4.79 Å². The fourth-order valence-electron chi connectivity index (χ4n) is 2.11. The van der Waals surface area contributed by atoms with E-state index in [4.69, 9.17) is 0 Å². The number of hydrogen-bond acceptors (Lipinski definition) is 2. The summed E-state index contributed by atoms with van der Waals surface area (Å²) in [6, 6.07) is 5.56. The van der Waals surface area contributed by atoms with Gasteiger partial charge in [0.1, 0.15) is 5.69 Å². The van der Waals surface area contributed by atoms with Gasteiger partial charge in [-0.3, -0.25) is 4.98 Å². The van der Waals surface area contributed by atoms with Crippen molar-refractivity contribution in [2.75, 3.05) is 0 Å². The second-order valence-corrected chi connectivity index (χ2v) is 4.62. The lowest BCUT2D eigenvalue weighted by atomic mass is 10.1. The molecular formula is C14H16N2O2. The van der Waals surface area contributed by atoms with Crippen LogP contribution in [0.4, 0.5) is 0 Å². The first-order valence-electron chi connectivity index (χ1n) is 5.87. The van der Waals surface area contributed by atoms with Crippen LogP contribution in [0.3, 0.4) is 0 Å². The molecule has 0 aliphatic heterocycles. The van der Waals surface area contributed by atoms with Gasteiger partial charge in [0, 0.05) is 24.0 Å². The van der Waals surface area contributed by atoms with Gasteiger partial charge in [-0.15, -0.1) is 0 Å². The summed E-state index contributed by atoms with van der Waals surface area (Å²) in [5, 5.41) is 9.19. The van der Waals surface area contributed by atoms with Gasteiger partial charge in [0.25, 0.3) is 0 Å². The van der Waals surface area contributed by atoms with Crippen molar-refractivity contribution in [1.29, 1.82) is 0 Å². The number of aromatic carboxylic acids is 1. The Labute approximate surface area is 106 Å². The molecule has 4 nitrogen and oxygen atoms in total. The minimum absolute atomic E-state index is 0.0848. The highest BCUT2D eigenvalue weighted by Gasteiger charge is 2.17. The molecule has 0 unspecified atom stereocenters. The zero-order valence-electron chi connectivity index (χ0n) is 10.7. The fourth-order valence-corrected chi connectivity index (χ4v) is 2.11. The lowest BCUT2D eigenvalue weighted by Crippen LogP contribution is -2.11. The van der Waals surface area contributed by atoms with E-state index in [-0.39, 0.29) is 6.04 Å². The van der Waals surface area contributed by atoms with Gasteiger partial charge in [0.15, 0.2) is 0 Å². The Balaban J connectivity index is 2.61. The maximum Gasteiger partial charge on any atom is 0.352 e. The van der Waals surface area contributed by atoms with Crippen LogP contribution in [0.2, 0.25) is 0 Å². The van der Waals surface area contributed by atoms with Gasteiger partial charge in [-0.05, 0) is 44.5 Å². The average Bonchev–Trinajstić information content (AvgIpc) is 2.73. The lowest BCUT2D eigenvalue weighted by Gasteiger charge is -2.15. The Morgan fingerprint density at radius 3 is 2.61 bits per heavy atom. The summed E-state index contributed by atoms with van der Waals surface area (Å²) in [6.45, 7) is 5.91. The Bertz CT molecular complexity index is 585. The number of pyridine rings is 1. The minimum Gasteiger partial charge on any atom is -0.477 e. The van der Waals surface area contributed by atoms with Crippen LogP contribution in [-0.2, 0) is 0 Å². The van der Waals surface area contributed by atoms with Gasteiger partial charge < -0.3 is 9.67 Å². The van der Waals surface area contributed by atoms with E-state index < -0.39 is 5.97 Å². The maximum atomic E-state index is 11.2. The summed E-state index contributed by atoms with van der Waals surface area (Å²) in [4.78, 5) is 15.4. The van der Waals surface area contributed by atoms with Crippen LogP contribution < -0.4 is 0 Å². The molecule has 0 fully saturated rings. The van der Waals surface area contributed by atoms with Crippen LogP contribution in [0.15, 0.2) is 30.6 Å². The SMILES string of the molecule is Cc1cncc(-c2ccc(C(=O)O)n2C(C)C)c1. The third-order valence-electron chi connectivity index (χ3n) is 2.82. The number of hydrogen-bond donors (Lipinski definition) is 1. The first kappa shape index (κ1) is 12.4. The molecule has 2 aromatic heterocycles. The van der Waals surface area contributed by atoms with Crippen LogP contribution in [0.25, 0.3) is 11.3 Å². The van der Waals surface area contributed by atoms with Crippen LogP contribution in [0, 0.1) is 6.92 Å². The van der Waals surface area contributed by atoms with Crippen molar-refractivity contribution < 1.29 is 9.90 Å². The van der Waals surface area contributed by atoms with E-state index in [2.05, 4.69) is 4.98 Å². The first-order chi connectivity index (χ1) is 8.50. The standard InChI is InChI=1S/C14H16N2O2/c1-9(2)16-12(4-5-13(16)14(17)18)11-6-10(3)7-15-8-11/h4-9H,1-3H3,(H,17,18). The molecule has 1 N–H and O–H groups in total. The number of aromatic nitrogens is 2. The molecule has 0 amide bonds. The average molecular weight is 244 g/mol. The smallest absolute Gasteiger partial charge is 0.352 e. The molecule has 0 atom stereocenters. The van der Waals surface area contributed by atoms with Crippen molar-refractivity contribution in [2.45, 2.75) is 26.8 Å². The maximum absolute atomic E-state index is 11.2. The van der Waals surface area contributed by atoms with Crippen LogP contribution in [0.5, 0.6) is 0 Å². The zero-order chi connectivity index (χ0) is 13.3. The highest BCUT2D eigenvalue weighted by Crippen LogP contribution is 2.26. The lowest BCUT2D eigenvalue weighted by molar-refractivity contribution is 0.0683. The van der Waals surface area contributed by atoms with E-state index in [0.29, 0.717) is 5.69 Å². The molecule has 0 aliphatic carbocycles. The topological polar surface area (TPSA) is 55.1 Å². The number of carbonyl (C=O) groups is 1. The van der Waals surface area contributed by atoms with Crippen molar-refractivity contribution in [3.63, 3.8) is 0 Å². The molecule has 0 radical (unpaired) electrons. The highest BCUT2D eigenvalue weighted by molar-refractivity contribution is 5.87. The highest BCUT2D eigenvalue weighted by atomic mass is 16.4. The Kier molecular flexibility index (Phi) is 3.19. The third-order valence-corrected chi connectivity index (χ3v) is 2.82. The molecule has 18 heavy (non-hydrogen) atoms. The van der Waals surface area contributed by atoms with E-state index in [0.717, 1.165) is 16.8 Å². The Morgan fingerprint density at radius 1 is 1.33 bits per heavy atom. The Hall–Kier alpha value is -2.10. The molecule has 94 valence electrons. The van der Waals surface area contributed by atoms with Crippen LogP contribution in [0.1, 0.15) is 35.9 Å². The van der Waals surface area contributed by atoms with Crippen molar-refractivity contribution in [3.8, 4) is 11.3 Å². The zero-order valence-corrected chi connectivity index (χ0v) is 10.7. The van der Waals surface area contributed by atoms with E-state index in [1.54, 1.807) is 18.5 Å². The molecule has 4 heteroatoms. The molecule has 0 aromatic carbocycles. The van der Waals surface area contributed by atoms with E-state index in [1.165, 1.54) is 0 Å². The molecule has 0 spiro atoms. The summed E-state index contributed by atoms with van der Waals surface area (Å²) < 4.78 is 1.82. The van der Waals surface area contributed by atoms with Crippen LogP contribution in [-0.4, -0.2) is 20.6 Å². The molecule has 0 saturated heterocycles. The summed E-state index contributed by atoms with van der Waals surface area (Å²) in [7, 11) is 0. The monoisotopic (exact) mass is 244 g/mol. The van der Waals surface area contributed by atoms with Gasteiger partial charge in [-0.1, -0.05) is 0 Å². The van der Waals surface area contributed by atoms with Gasteiger partial charge in [0.05, 0.1) is 5.69 Å². The number of rotatable bonds is 3. The summed E-state index contributed by atoms with van der Waals surface area (Å²) >= 11 is 0. The first-order valence-corrected chi connectivity index (χ1v) is 5.87. The Morgan fingerprint density at radius 2 is 2.06 bits per heavy atom. The quantitative estimate of drug-likeness (QED) is 0.902. The number of carboxylic acid groups (broad SMARTS) is 1. The van der Waals surface area contributed by atoms with Crippen molar-refractivity contribution in [2.24, 2.45) is 0 Å². The normalized spacial score (nSPS) is 10.9. The number of aryl methyl sites for hydroxylation is 1. The molecular weight excluding hydrogens is 228 g/mol. The fraction of sp³-hybridized carbons (Fsp3) is 0.286. The molecule has 2 heterocycles. The second-order valence-electron chi connectivity index (χ2n) is 4.62. The summed E-state index contributed by atoms with van der Waals surface area (Å²) in [6.07, 6.45) is 3.54. The van der Waals surface area contributed by atoms with Crippen molar-refractivity contribution in [1.82, 2.24) is 9.55 Å². The summed E-state index contributed by atoms with van der Waals surface area (Å²) in [5.41, 5.74) is 3.19. The van der Waals surface area contributed by atoms with Gasteiger partial charge in [-0.2, -0.15) is 0 Å². The van der Waals surface area contributed by atoms with E-state index in [9.17, 15) is 9.90 Å². The molecule has 0 aliphatic rings.